The molecule has 2 aliphatic rings. The van der Waals surface area contributed by atoms with E-state index in [2.05, 4.69) is 41.6 Å². The predicted octanol–water partition coefficient (Wildman–Crippen LogP) is 2.72. The third kappa shape index (κ3) is 5.73. The highest BCUT2D eigenvalue weighted by Crippen LogP contribution is 2.28. The first-order valence-corrected chi connectivity index (χ1v) is 11.9. The fraction of sp³-hybridized carbons (Fsp3) is 0.304. The van der Waals surface area contributed by atoms with Crippen molar-refractivity contribution in [1.29, 1.82) is 0 Å². The summed E-state index contributed by atoms with van der Waals surface area (Å²) in [7, 11) is 0. The van der Waals surface area contributed by atoms with E-state index in [9.17, 15) is 9.18 Å². The summed E-state index contributed by atoms with van der Waals surface area (Å²) >= 11 is 6.30. The second-order valence-corrected chi connectivity index (χ2v) is 8.65. The molecule has 2 fully saturated rings. The molecule has 11 nitrogen and oxygen atoms in total. The Hall–Kier alpha value is -3.74. The van der Waals surface area contributed by atoms with E-state index in [4.69, 9.17) is 16.3 Å². The maximum Gasteiger partial charge on any atom is 0.288 e. The number of carbonyl (C=O) groups excluding carboxylic acids is 1. The molecule has 2 aliphatic heterocycles. The molecule has 2 aromatic heterocycles. The van der Waals surface area contributed by atoms with Gasteiger partial charge in [-0.25, -0.2) is 19.8 Å². The van der Waals surface area contributed by atoms with E-state index in [1.165, 1.54) is 0 Å². The number of hydrogen-bond acceptors (Lipinski definition) is 10. The molecule has 4 heterocycles. The van der Waals surface area contributed by atoms with E-state index in [0.717, 1.165) is 37.1 Å². The van der Waals surface area contributed by atoms with Gasteiger partial charge in [-0.15, -0.1) is 0 Å². The highest BCUT2D eigenvalue weighted by atomic mass is 35.5. The van der Waals surface area contributed by atoms with Crippen LogP contribution in [-0.4, -0.2) is 60.3 Å². The zero-order valence-corrected chi connectivity index (χ0v) is 20.1. The van der Waals surface area contributed by atoms with Crippen LogP contribution in [0.3, 0.4) is 0 Å². The smallest absolute Gasteiger partial charge is 0.288 e. The summed E-state index contributed by atoms with van der Waals surface area (Å²) in [6, 6.07) is 9.03. The SMILES string of the molecule is O=C(NNc1ncc(F)c(N2CCOCC2)n1)c1ccc(Nc2cc(Cl)cc(N3CCCN3)c2)cn1. The van der Waals surface area contributed by atoms with Gasteiger partial charge in [0.25, 0.3) is 5.91 Å². The number of anilines is 5. The number of carbonyl (C=O) groups is 1. The van der Waals surface area contributed by atoms with Crippen LogP contribution in [0.2, 0.25) is 5.02 Å². The molecule has 1 amide bonds. The summed E-state index contributed by atoms with van der Waals surface area (Å²) < 4.78 is 19.5. The molecule has 3 aromatic rings. The zero-order chi connectivity index (χ0) is 24.9. The fourth-order valence-corrected chi connectivity index (χ4v) is 4.14. The number of rotatable bonds is 7. The molecular weight excluding hydrogens is 489 g/mol. The lowest BCUT2D eigenvalue weighted by Crippen LogP contribution is -2.38. The van der Waals surface area contributed by atoms with Gasteiger partial charge < -0.3 is 20.0 Å². The van der Waals surface area contributed by atoms with Gasteiger partial charge in [-0.1, -0.05) is 11.6 Å². The Morgan fingerprint density at radius 3 is 2.69 bits per heavy atom. The summed E-state index contributed by atoms with van der Waals surface area (Å²) in [4.78, 5) is 26.6. The summed E-state index contributed by atoms with van der Waals surface area (Å²) in [5.74, 6) is -0.813. The monoisotopic (exact) mass is 513 g/mol. The second kappa shape index (κ2) is 10.9. The molecule has 0 bridgehead atoms. The Labute approximate surface area is 212 Å². The van der Waals surface area contributed by atoms with Crippen molar-refractivity contribution in [3.63, 3.8) is 0 Å². The number of ether oxygens (including phenoxy) is 1. The largest absolute Gasteiger partial charge is 0.378 e. The molecule has 188 valence electrons. The Bertz CT molecular complexity index is 1220. The molecule has 0 spiro atoms. The molecule has 5 rings (SSSR count). The van der Waals surface area contributed by atoms with Crippen molar-refractivity contribution in [1.82, 2.24) is 25.8 Å². The molecular formula is C23H25ClFN9O2. The topological polar surface area (TPSA) is 120 Å². The first kappa shape index (κ1) is 24.0. The van der Waals surface area contributed by atoms with Crippen LogP contribution in [0, 0.1) is 5.82 Å². The molecule has 36 heavy (non-hydrogen) atoms. The number of pyridine rings is 1. The van der Waals surface area contributed by atoms with Gasteiger partial charge in [0.1, 0.15) is 5.69 Å². The van der Waals surface area contributed by atoms with Crippen LogP contribution >= 0.6 is 11.6 Å². The van der Waals surface area contributed by atoms with E-state index >= 15 is 0 Å². The summed E-state index contributed by atoms with van der Waals surface area (Å²) in [5.41, 5.74) is 11.1. The summed E-state index contributed by atoms with van der Waals surface area (Å²) in [5, 5.41) is 5.93. The van der Waals surface area contributed by atoms with Gasteiger partial charge in [0.2, 0.25) is 5.95 Å². The van der Waals surface area contributed by atoms with Crippen molar-refractivity contribution < 1.29 is 13.9 Å². The number of benzene rings is 1. The van der Waals surface area contributed by atoms with Crippen molar-refractivity contribution in [3.8, 4) is 0 Å². The highest BCUT2D eigenvalue weighted by Gasteiger charge is 2.18. The first-order chi connectivity index (χ1) is 17.5. The number of amides is 1. The van der Waals surface area contributed by atoms with Crippen molar-refractivity contribution in [3.05, 3.63) is 59.3 Å². The Balaban J connectivity index is 1.20. The number of hydrazine groups is 2. The van der Waals surface area contributed by atoms with Crippen molar-refractivity contribution in [2.45, 2.75) is 6.42 Å². The van der Waals surface area contributed by atoms with E-state index < -0.39 is 11.7 Å². The van der Waals surface area contributed by atoms with Crippen LogP contribution in [0.4, 0.5) is 33.2 Å². The van der Waals surface area contributed by atoms with E-state index in [0.29, 0.717) is 37.0 Å². The number of nitrogens with zero attached hydrogens (tertiary/aromatic N) is 5. The van der Waals surface area contributed by atoms with Gasteiger partial charge >= 0.3 is 0 Å². The number of aromatic nitrogens is 3. The fourth-order valence-electron chi connectivity index (χ4n) is 3.91. The zero-order valence-electron chi connectivity index (χ0n) is 19.3. The Morgan fingerprint density at radius 1 is 1.08 bits per heavy atom. The van der Waals surface area contributed by atoms with Gasteiger partial charge in [0, 0.05) is 36.9 Å². The molecule has 13 heteroatoms. The number of nitrogens with one attached hydrogen (secondary N) is 4. The molecule has 0 unspecified atom stereocenters. The van der Waals surface area contributed by atoms with Crippen molar-refractivity contribution >= 4 is 46.3 Å². The quantitative estimate of drug-likeness (QED) is 0.351. The minimum Gasteiger partial charge on any atom is -0.378 e. The van der Waals surface area contributed by atoms with E-state index in [1.54, 1.807) is 23.2 Å². The normalized spacial score (nSPS) is 15.6. The molecule has 0 atom stereocenters. The average Bonchev–Trinajstić information content (AvgIpc) is 3.44. The van der Waals surface area contributed by atoms with Crippen LogP contribution in [-0.2, 0) is 4.74 Å². The predicted molar refractivity (Wildman–Crippen MR) is 135 cm³/mol. The van der Waals surface area contributed by atoms with Gasteiger partial charge in [-0.2, -0.15) is 4.98 Å². The summed E-state index contributed by atoms with van der Waals surface area (Å²) in [6.07, 6.45) is 3.68. The lowest BCUT2D eigenvalue weighted by Gasteiger charge is -2.28. The van der Waals surface area contributed by atoms with Crippen molar-refractivity contribution in [2.75, 3.05) is 60.0 Å². The molecule has 0 aliphatic carbocycles. The van der Waals surface area contributed by atoms with Gasteiger partial charge in [0.05, 0.1) is 37.0 Å². The average molecular weight is 514 g/mol. The minimum atomic E-state index is -0.540. The molecule has 1 aromatic carbocycles. The standard InChI is InChI=1S/C23H25ClFN9O2/c24-15-10-17(12-18(11-15)34-5-1-4-28-34)29-16-2-3-20(26-13-16)22(35)31-32-23-27-14-19(25)21(30-23)33-6-8-36-9-7-33/h2-3,10-14,28-29H,1,4-9H2,(H,31,35)(H,27,30,32). The lowest BCUT2D eigenvalue weighted by molar-refractivity contribution is 0.0957. The maximum atomic E-state index is 14.2. The summed E-state index contributed by atoms with van der Waals surface area (Å²) in [6.45, 7) is 3.88. The van der Waals surface area contributed by atoms with Gasteiger partial charge in [-0.3, -0.25) is 15.6 Å². The second-order valence-electron chi connectivity index (χ2n) is 8.21. The molecule has 0 saturated carbocycles. The number of hydrogen-bond donors (Lipinski definition) is 4. The van der Waals surface area contributed by atoms with Crippen LogP contribution < -0.4 is 31.5 Å². The van der Waals surface area contributed by atoms with Crippen LogP contribution in [0.15, 0.2) is 42.7 Å². The van der Waals surface area contributed by atoms with Crippen molar-refractivity contribution in [2.24, 2.45) is 0 Å². The minimum absolute atomic E-state index is 0.0637. The van der Waals surface area contributed by atoms with Gasteiger partial charge in [0.15, 0.2) is 11.6 Å². The molecule has 2 saturated heterocycles. The van der Waals surface area contributed by atoms with Crippen LogP contribution in [0.1, 0.15) is 16.9 Å². The molecule has 4 N–H and O–H groups in total. The third-order valence-corrected chi connectivity index (χ3v) is 5.88. The lowest BCUT2D eigenvalue weighted by atomic mass is 10.2. The van der Waals surface area contributed by atoms with E-state index in [1.807, 2.05) is 18.2 Å². The number of morpholine rings is 1. The third-order valence-electron chi connectivity index (χ3n) is 5.66. The Morgan fingerprint density at radius 2 is 1.94 bits per heavy atom. The van der Waals surface area contributed by atoms with Gasteiger partial charge in [-0.05, 0) is 36.8 Å². The number of halogens is 2. The molecule has 0 radical (unpaired) electrons. The first-order valence-electron chi connectivity index (χ1n) is 11.5. The van der Waals surface area contributed by atoms with E-state index in [-0.39, 0.29) is 17.5 Å². The van der Waals surface area contributed by atoms with Crippen LogP contribution in [0.25, 0.3) is 0 Å². The Kier molecular flexibility index (Phi) is 7.26. The highest BCUT2D eigenvalue weighted by molar-refractivity contribution is 6.31. The maximum absolute atomic E-state index is 14.2. The van der Waals surface area contributed by atoms with Crippen LogP contribution in [0.5, 0.6) is 0 Å².